The molecule has 0 unspecified atom stereocenters. The molecule has 0 radical (unpaired) electrons. The molecule has 6 nitrogen and oxygen atoms in total. The molecule has 2 aromatic rings. The maximum Gasteiger partial charge on any atom is 0.256 e. The van der Waals surface area contributed by atoms with E-state index in [4.69, 9.17) is 0 Å². The van der Waals surface area contributed by atoms with Crippen LogP contribution in [0.3, 0.4) is 0 Å². The van der Waals surface area contributed by atoms with Crippen LogP contribution in [0.4, 0.5) is 11.5 Å². The van der Waals surface area contributed by atoms with Crippen LogP contribution in [0.5, 0.6) is 0 Å². The Hall–Kier alpha value is -2.63. The van der Waals surface area contributed by atoms with Gasteiger partial charge in [-0.3, -0.25) is 14.3 Å². The van der Waals surface area contributed by atoms with Crippen LogP contribution < -0.4 is 10.2 Å². The van der Waals surface area contributed by atoms with E-state index < -0.39 is 0 Å². The van der Waals surface area contributed by atoms with E-state index in [-0.39, 0.29) is 11.7 Å². The van der Waals surface area contributed by atoms with E-state index in [1.54, 1.807) is 12.1 Å². The highest BCUT2D eigenvalue weighted by molar-refractivity contribution is 6.10. The average molecular weight is 338 g/mol. The molecule has 2 heterocycles. The summed E-state index contributed by atoms with van der Waals surface area (Å²) in [7, 11) is 1.89. The third kappa shape index (κ3) is 2.62. The number of anilines is 2. The number of hydrogen-bond acceptors (Lipinski definition) is 4. The van der Waals surface area contributed by atoms with Gasteiger partial charge in [-0.05, 0) is 37.8 Å². The smallest absolute Gasteiger partial charge is 0.256 e. The number of rotatable bonds is 3. The van der Waals surface area contributed by atoms with Crippen molar-refractivity contribution < 1.29 is 9.59 Å². The minimum atomic E-state index is -0.164. The van der Waals surface area contributed by atoms with Gasteiger partial charge in [0.1, 0.15) is 5.69 Å². The Morgan fingerprint density at radius 3 is 2.72 bits per heavy atom. The Bertz CT molecular complexity index is 863. The topological polar surface area (TPSA) is 67.2 Å². The van der Waals surface area contributed by atoms with Gasteiger partial charge < -0.3 is 10.2 Å². The van der Waals surface area contributed by atoms with E-state index in [2.05, 4.69) is 15.3 Å². The zero-order chi connectivity index (χ0) is 17.6. The first-order valence-electron chi connectivity index (χ1n) is 8.81. The van der Waals surface area contributed by atoms with E-state index in [9.17, 15) is 9.59 Å². The molecule has 1 N–H and O–H groups in total. The van der Waals surface area contributed by atoms with Crippen LogP contribution in [0.15, 0.2) is 18.2 Å². The van der Waals surface area contributed by atoms with Crippen molar-refractivity contribution in [3.63, 3.8) is 0 Å². The summed E-state index contributed by atoms with van der Waals surface area (Å²) in [5, 5.41) is 7.66. The molecule has 1 fully saturated rings. The normalized spacial score (nSPS) is 16.4. The van der Waals surface area contributed by atoms with Crippen molar-refractivity contribution in [2.75, 3.05) is 23.3 Å². The summed E-state index contributed by atoms with van der Waals surface area (Å²) in [6.07, 6.45) is 3.43. The summed E-state index contributed by atoms with van der Waals surface area (Å²) < 4.78 is 1.81. The van der Waals surface area contributed by atoms with E-state index in [1.165, 1.54) is 0 Å². The molecule has 1 amide bonds. The number of aryl methyl sites for hydroxylation is 1. The van der Waals surface area contributed by atoms with E-state index in [0.29, 0.717) is 24.0 Å². The van der Waals surface area contributed by atoms with Crippen molar-refractivity contribution >= 4 is 23.2 Å². The Labute approximate surface area is 146 Å². The number of carbonyl (C=O) groups is 2. The molecule has 2 aliphatic rings. The van der Waals surface area contributed by atoms with Gasteiger partial charge >= 0.3 is 0 Å². The van der Waals surface area contributed by atoms with Gasteiger partial charge in [0.05, 0.1) is 5.69 Å². The molecule has 130 valence electrons. The summed E-state index contributed by atoms with van der Waals surface area (Å²) in [5.41, 5.74) is 3.86. The zero-order valence-electron chi connectivity index (χ0n) is 14.6. The van der Waals surface area contributed by atoms with Crippen LogP contribution in [-0.2, 0) is 13.5 Å². The van der Waals surface area contributed by atoms with Crippen molar-refractivity contribution in [1.29, 1.82) is 0 Å². The number of Topliss-reactive ketones (excluding diaryl/α,β-unsaturated/α-hetero) is 1. The number of hydrogen-bond donors (Lipinski definition) is 1. The second-order valence-electron chi connectivity index (χ2n) is 6.81. The molecule has 0 saturated carbocycles. The minimum Gasteiger partial charge on any atom is -0.353 e. The Kier molecular flexibility index (Phi) is 3.82. The highest BCUT2D eigenvalue weighted by Gasteiger charge is 2.27. The maximum absolute atomic E-state index is 12.9. The molecule has 0 spiro atoms. The lowest BCUT2D eigenvalue weighted by Gasteiger charge is -2.17. The first kappa shape index (κ1) is 15.9. The number of benzene rings is 1. The minimum absolute atomic E-state index is 0.125. The number of ketones is 1. The molecule has 1 aromatic carbocycles. The lowest BCUT2D eigenvalue weighted by molar-refractivity contribution is 0.0993. The lowest BCUT2D eigenvalue weighted by Crippen LogP contribution is -2.21. The molecule has 25 heavy (non-hydrogen) atoms. The summed E-state index contributed by atoms with van der Waals surface area (Å²) in [4.78, 5) is 27.1. The molecule has 4 rings (SSSR count). The third-order valence-electron chi connectivity index (χ3n) is 5.28. The summed E-state index contributed by atoms with van der Waals surface area (Å²) in [6, 6.07) is 5.40. The van der Waals surface area contributed by atoms with Crippen LogP contribution in [0, 0.1) is 6.92 Å². The van der Waals surface area contributed by atoms with Crippen molar-refractivity contribution in [2.45, 2.75) is 32.6 Å². The van der Waals surface area contributed by atoms with Gasteiger partial charge in [0.25, 0.3) is 5.91 Å². The Balaban J connectivity index is 1.67. The lowest BCUT2D eigenvalue weighted by atomic mass is 10.0. The molecule has 1 aliphatic carbocycles. The van der Waals surface area contributed by atoms with Crippen LogP contribution in [0.2, 0.25) is 0 Å². The molecular formula is C19H22N4O2. The van der Waals surface area contributed by atoms with Gasteiger partial charge in [-0.15, -0.1) is 0 Å². The average Bonchev–Trinajstić information content (AvgIpc) is 3.32. The van der Waals surface area contributed by atoms with Gasteiger partial charge in [-0.2, -0.15) is 5.10 Å². The predicted octanol–water partition coefficient (Wildman–Crippen LogP) is 2.71. The number of nitrogens with zero attached hydrogens (tertiary/aromatic N) is 3. The number of fused-ring (bicyclic) bond motifs is 1. The van der Waals surface area contributed by atoms with Gasteiger partial charge in [0.2, 0.25) is 0 Å². The number of nitrogens with one attached hydrogen (secondary N) is 1. The van der Waals surface area contributed by atoms with Crippen molar-refractivity contribution in [3.05, 3.63) is 40.6 Å². The second-order valence-corrected chi connectivity index (χ2v) is 6.81. The Morgan fingerprint density at radius 2 is 1.96 bits per heavy atom. The van der Waals surface area contributed by atoms with Crippen molar-refractivity contribution in [2.24, 2.45) is 7.05 Å². The molecule has 1 aromatic heterocycles. The first-order valence-corrected chi connectivity index (χ1v) is 8.81. The SMILES string of the molecule is Cc1c(NC(=O)c2cccc3c2CCC3=O)c(N2CCCC2)nn1C. The number of amides is 1. The van der Waals surface area contributed by atoms with Crippen molar-refractivity contribution in [3.8, 4) is 0 Å². The highest BCUT2D eigenvalue weighted by atomic mass is 16.1. The van der Waals surface area contributed by atoms with Gasteiger partial charge in [0, 0.05) is 37.7 Å². The van der Waals surface area contributed by atoms with Crippen LogP contribution in [-0.4, -0.2) is 34.6 Å². The highest BCUT2D eigenvalue weighted by Crippen LogP contribution is 2.32. The standard InChI is InChI=1S/C19H22N4O2/c1-12-17(18(21-22(12)2)23-10-3-4-11-23)20-19(25)15-7-5-6-14-13(15)8-9-16(14)24/h5-7H,3-4,8-11H2,1-2H3,(H,20,25). The van der Waals surface area contributed by atoms with E-state index >= 15 is 0 Å². The predicted molar refractivity (Wildman–Crippen MR) is 96.4 cm³/mol. The van der Waals surface area contributed by atoms with E-state index in [0.717, 1.165) is 48.7 Å². The fourth-order valence-electron chi connectivity index (χ4n) is 3.77. The number of aromatic nitrogens is 2. The number of carbonyl (C=O) groups excluding carboxylic acids is 2. The van der Waals surface area contributed by atoms with Crippen LogP contribution in [0.25, 0.3) is 0 Å². The molecule has 1 aliphatic heterocycles. The van der Waals surface area contributed by atoms with Crippen LogP contribution in [0.1, 0.15) is 51.2 Å². The quantitative estimate of drug-likeness (QED) is 0.934. The van der Waals surface area contributed by atoms with E-state index in [1.807, 2.05) is 24.7 Å². The summed E-state index contributed by atoms with van der Waals surface area (Å²) in [5.74, 6) is 0.803. The summed E-state index contributed by atoms with van der Waals surface area (Å²) >= 11 is 0. The molecule has 1 saturated heterocycles. The largest absolute Gasteiger partial charge is 0.353 e. The van der Waals surface area contributed by atoms with Gasteiger partial charge in [-0.25, -0.2) is 0 Å². The molecule has 0 bridgehead atoms. The molecule has 6 heteroatoms. The Morgan fingerprint density at radius 1 is 1.20 bits per heavy atom. The second kappa shape index (κ2) is 6.02. The monoisotopic (exact) mass is 338 g/mol. The maximum atomic E-state index is 12.9. The first-order chi connectivity index (χ1) is 12.1. The zero-order valence-corrected chi connectivity index (χ0v) is 14.6. The van der Waals surface area contributed by atoms with Gasteiger partial charge in [0.15, 0.2) is 11.6 Å². The molecule has 0 atom stereocenters. The summed E-state index contributed by atoms with van der Waals surface area (Å²) in [6.45, 7) is 3.89. The third-order valence-corrected chi connectivity index (χ3v) is 5.28. The molecular weight excluding hydrogens is 316 g/mol. The van der Waals surface area contributed by atoms with Crippen LogP contribution >= 0.6 is 0 Å². The fraction of sp³-hybridized carbons (Fsp3) is 0.421. The fourth-order valence-corrected chi connectivity index (χ4v) is 3.77. The van der Waals surface area contributed by atoms with Crippen molar-refractivity contribution in [1.82, 2.24) is 9.78 Å². The van der Waals surface area contributed by atoms with Gasteiger partial charge in [-0.1, -0.05) is 12.1 Å².